The Morgan fingerprint density at radius 3 is 2.11 bits per heavy atom. The fourth-order valence-electron chi connectivity index (χ4n) is 4.24. The molecule has 0 spiro atoms. The molecule has 1 unspecified atom stereocenters. The molecule has 1 atom stereocenters. The van der Waals surface area contributed by atoms with Crippen molar-refractivity contribution in [2.24, 2.45) is 0 Å². The standard InChI is InChI=1S/C18H23N3O3.C12H10/c1-14(22)21-10-8-20(9-11-21)12-15(23)13-24-18-6-2-5-17-16(18)4-3-7-19-17;1-3-7-11(8-4-1)12-9-5-2-6-10-12/h2-7,15,23H,8-13H2,1H3;1-10H. The molecule has 1 saturated heterocycles. The summed E-state index contributed by atoms with van der Waals surface area (Å²) in [6.45, 7) is 5.40. The quantitative estimate of drug-likeness (QED) is 0.438. The van der Waals surface area contributed by atoms with Crippen molar-refractivity contribution in [3.8, 4) is 16.9 Å². The van der Waals surface area contributed by atoms with Crippen LogP contribution in [-0.2, 0) is 4.79 Å². The van der Waals surface area contributed by atoms with Crippen LogP contribution in [0, 0.1) is 0 Å². The first-order valence-corrected chi connectivity index (χ1v) is 12.3. The number of hydrogen-bond acceptors (Lipinski definition) is 5. The van der Waals surface area contributed by atoms with Crippen molar-refractivity contribution in [1.82, 2.24) is 14.8 Å². The summed E-state index contributed by atoms with van der Waals surface area (Å²) in [5.74, 6) is 0.851. The van der Waals surface area contributed by atoms with Crippen LogP contribution in [-0.4, -0.2) is 71.2 Å². The molecule has 1 aromatic heterocycles. The van der Waals surface area contributed by atoms with Gasteiger partial charge < -0.3 is 14.7 Å². The number of aliphatic hydroxyl groups is 1. The highest BCUT2D eigenvalue weighted by Gasteiger charge is 2.20. The average Bonchev–Trinajstić information content (AvgIpc) is 2.93. The van der Waals surface area contributed by atoms with Crippen molar-refractivity contribution < 1.29 is 14.6 Å². The number of aliphatic hydroxyl groups excluding tert-OH is 1. The maximum atomic E-state index is 11.3. The highest BCUT2D eigenvalue weighted by molar-refractivity contribution is 5.84. The molecule has 0 saturated carbocycles. The van der Waals surface area contributed by atoms with E-state index in [4.69, 9.17) is 4.74 Å². The minimum Gasteiger partial charge on any atom is -0.490 e. The SMILES string of the molecule is CC(=O)N1CCN(CC(O)COc2cccc3ncccc23)CC1.c1ccc(-c2ccccc2)cc1. The van der Waals surface area contributed by atoms with Gasteiger partial charge in [-0.3, -0.25) is 14.7 Å². The zero-order valence-corrected chi connectivity index (χ0v) is 20.7. The molecule has 186 valence electrons. The van der Waals surface area contributed by atoms with Gasteiger partial charge in [-0.25, -0.2) is 0 Å². The second kappa shape index (κ2) is 12.8. The van der Waals surface area contributed by atoms with E-state index in [-0.39, 0.29) is 12.5 Å². The Balaban J connectivity index is 0.000000211. The maximum absolute atomic E-state index is 11.3. The van der Waals surface area contributed by atoms with E-state index in [0.717, 1.165) is 42.8 Å². The van der Waals surface area contributed by atoms with E-state index < -0.39 is 6.10 Å². The van der Waals surface area contributed by atoms with E-state index >= 15 is 0 Å². The summed E-state index contributed by atoms with van der Waals surface area (Å²) in [5, 5.41) is 11.2. The smallest absolute Gasteiger partial charge is 0.219 e. The normalized spacial score (nSPS) is 14.6. The van der Waals surface area contributed by atoms with Gasteiger partial charge in [0, 0.05) is 51.2 Å². The number of piperazine rings is 1. The molecular weight excluding hydrogens is 450 g/mol. The molecule has 1 amide bonds. The average molecular weight is 484 g/mol. The van der Waals surface area contributed by atoms with Gasteiger partial charge in [-0.05, 0) is 35.4 Å². The van der Waals surface area contributed by atoms with Crippen LogP contribution in [0.3, 0.4) is 0 Å². The zero-order valence-electron chi connectivity index (χ0n) is 20.7. The van der Waals surface area contributed by atoms with Crippen molar-refractivity contribution in [3.63, 3.8) is 0 Å². The van der Waals surface area contributed by atoms with Crippen LogP contribution in [0.5, 0.6) is 5.75 Å². The van der Waals surface area contributed by atoms with Crippen LogP contribution in [0.2, 0.25) is 0 Å². The molecule has 1 fully saturated rings. The van der Waals surface area contributed by atoms with Gasteiger partial charge in [0.05, 0.1) is 5.52 Å². The monoisotopic (exact) mass is 483 g/mol. The number of pyridine rings is 1. The fraction of sp³-hybridized carbons (Fsp3) is 0.267. The molecule has 6 heteroatoms. The molecule has 5 rings (SSSR count). The van der Waals surface area contributed by atoms with Crippen LogP contribution in [0.15, 0.2) is 97.2 Å². The van der Waals surface area contributed by atoms with Gasteiger partial charge in [0.25, 0.3) is 0 Å². The molecule has 4 aromatic rings. The predicted molar refractivity (Wildman–Crippen MR) is 144 cm³/mol. The van der Waals surface area contributed by atoms with Crippen LogP contribution in [0.25, 0.3) is 22.0 Å². The molecule has 0 aliphatic carbocycles. The highest BCUT2D eigenvalue weighted by atomic mass is 16.5. The van der Waals surface area contributed by atoms with Gasteiger partial charge in [0.2, 0.25) is 5.91 Å². The summed E-state index contributed by atoms with van der Waals surface area (Å²) in [5.41, 5.74) is 3.43. The molecule has 1 N–H and O–H groups in total. The van der Waals surface area contributed by atoms with Crippen LogP contribution >= 0.6 is 0 Å². The van der Waals surface area contributed by atoms with Gasteiger partial charge in [-0.2, -0.15) is 0 Å². The third kappa shape index (κ3) is 7.13. The van der Waals surface area contributed by atoms with E-state index in [1.165, 1.54) is 11.1 Å². The molecule has 6 nitrogen and oxygen atoms in total. The Kier molecular flexibility index (Phi) is 9.03. The summed E-state index contributed by atoms with van der Waals surface area (Å²) < 4.78 is 5.80. The molecular formula is C30H33N3O3. The lowest BCUT2D eigenvalue weighted by Crippen LogP contribution is -2.50. The Labute approximate surface area is 212 Å². The van der Waals surface area contributed by atoms with E-state index in [0.29, 0.717) is 6.54 Å². The van der Waals surface area contributed by atoms with Crippen LogP contribution in [0.1, 0.15) is 6.92 Å². The van der Waals surface area contributed by atoms with Crippen molar-refractivity contribution in [3.05, 3.63) is 97.2 Å². The fourth-order valence-corrected chi connectivity index (χ4v) is 4.24. The van der Waals surface area contributed by atoms with Crippen LogP contribution in [0.4, 0.5) is 0 Å². The molecule has 1 aliphatic rings. The number of rotatable bonds is 6. The maximum Gasteiger partial charge on any atom is 0.219 e. The second-order valence-electron chi connectivity index (χ2n) is 8.83. The van der Waals surface area contributed by atoms with Gasteiger partial charge in [0.1, 0.15) is 18.5 Å². The minimum atomic E-state index is -0.569. The third-order valence-corrected chi connectivity index (χ3v) is 6.20. The molecule has 0 radical (unpaired) electrons. The van der Waals surface area contributed by atoms with Gasteiger partial charge in [-0.15, -0.1) is 0 Å². The third-order valence-electron chi connectivity index (χ3n) is 6.20. The Morgan fingerprint density at radius 2 is 1.50 bits per heavy atom. The Bertz CT molecular complexity index is 1180. The van der Waals surface area contributed by atoms with Gasteiger partial charge >= 0.3 is 0 Å². The Morgan fingerprint density at radius 1 is 0.861 bits per heavy atom. The number of carbonyl (C=O) groups excluding carboxylic acids is 1. The largest absolute Gasteiger partial charge is 0.490 e. The van der Waals surface area contributed by atoms with Crippen molar-refractivity contribution >= 4 is 16.8 Å². The molecule has 1 aliphatic heterocycles. The zero-order chi connectivity index (χ0) is 25.2. The van der Waals surface area contributed by atoms with Crippen LogP contribution < -0.4 is 4.74 Å². The number of hydrogen-bond donors (Lipinski definition) is 1. The number of amides is 1. The number of aromatic nitrogens is 1. The lowest BCUT2D eigenvalue weighted by Gasteiger charge is -2.35. The number of ether oxygens (including phenoxy) is 1. The van der Waals surface area contributed by atoms with E-state index in [2.05, 4.69) is 58.4 Å². The summed E-state index contributed by atoms with van der Waals surface area (Å²) in [4.78, 5) is 19.6. The number of benzene rings is 3. The van der Waals surface area contributed by atoms with E-state index in [9.17, 15) is 9.90 Å². The number of β-amino-alcohol motifs (C(OH)–C–C–N with tert-alkyl or cyclic N) is 1. The number of nitrogens with zero attached hydrogens (tertiary/aromatic N) is 3. The van der Waals surface area contributed by atoms with E-state index in [1.54, 1.807) is 13.1 Å². The lowest BCUT2D eigenvalue weighted by atomic mass is 10.1. The van der Waals surface area contributed by atoms with E-state index in [1.807, 2.05) is 47.4 Å². The number of fused-ring (bicyclic) bond motifs is 1. The minimum absolute atomic E-state index is 0.114. The van der Waals surface area contributed by atoms with Crippen molar-refractivity contribution in [2.75, 3.05) is 39.3 Å². The summed E-state index contributed by atoms with van der Waals surface area (Å²) in [6, 6.07) is 30.3. The van der Waals surface area contributed by atoms with Crippen molar-refractivity contribution in [1.29, 1.82) is 0 Å². The summed E-state index contributed by atoms with van der Waals surface area (Å²) >= 11 is 0. The topological polar surface area (TPSA) is 65.9 Å². The molecule has 0 bridgehead atoms. The molecule has 36 heavy (non-hydrogen) atoms. The second-order valence-corrected chi connectivity index (χ2v) is 8.83. The highest BCUT2D eigenvalue weighted by Crippen LogP contribution is 2.23. The number of carbonyl (C=O) groups is 1. The first-order valence-electron chi connectivity index (χ1n) is 12.3. The predicted octanol–water partition coefficient (Wildman–Crippen LogP) is 4.49. The lowest BCUT2D eigenvalue weighted by molar-refractivity contribution is -0.130. The van der Waals surface area contributed by atoms with Gasteiger partial charge in [0.15, 0.2) is 0 Å². The van der Waals surface area contributed by atoms with Gasteiger partial charge in [-0.1, -0.05) is 66.7 Å². The first kappa shape index (κ1) is 25.4. The molecule has 3 aromatic carbocycles. The summed E-state index contributed by atoms with van der Waals surface area (Å²) in [7, 11) is 0. The first-order chi connectivity index (χ1) is 17.6. The Hall–Kier alpha value is -3.74. The molecule has 2 heterocycles. The summed E-state index contributed by atoms with van der Waals surface area (Å²) in [6.07, 6.45) is 1.18. The van der Waals surface area contributed by atoms with Crippen molar-refractivity contribution in [2.45, 2.75) is 13.0 Å².